The summed E-state index contributed by atoms with van der Waals surface area (Å²) in [4.78, 5) is 41.1. The summed E-state index contributed by atoms with van der Waals surface area (Å²) in [7, 11) is 0. The molecule has 1 aromatic carbocycles. The topological polar surface area (TPSA) is 66.9 Å². The fourth-order valence-electron chi connectivity index (χ4n) is 5.37. The number of aryl methyl sites for hydroxylation is 1. The molecule has 0 aromatic heterocycles. The van der Waals surface area contributed by atoms with Gasteiger partial charge in [-0.05, 0) is 54.9 Å². The molecule has 9 heteroatoms. The predicted molar refractivity (Wildman–Crippen MR) is 98.2 cm³/mol. The molecule has 4 aliphatic rings. The second-order valence-corrected chi connectivity index (χ2v) is 8.25. The maximum atomic E-state index is 13.0. The quantitative estimate of drug-likeness (QED) is 0.557. The molecule has 2 bridgehead atoms. The van der Waals surface area contributed by atoms with Crippen LogP contribution in [0.3, 0.4) is 0 Å². The molecule has 2 aliphatic carbocycles. The number of amides is 3. The molecule has 3 amide bonds. The third kappa shape index (κ3) is 2.98. The number of anilines is 1. The van der Waals surface area contributed by atoms with Crippen molar-refractivity contribution in [1.82, 2.24) is 4.90 Å². The van der Waals surface area contributed by atoms with Crippen LogP contribution < -0.4 is 9.64 Å². The van der Waals surface area contributed by atoms with Crippen molar-refractivity contribution in [2.45, 2.75) is 25.6 Å². The number of nitrogens with zero attached hydrogens (tertiary/aromatic N) is 2. The number of fused-ring (bicyclic) bond motifs is 6. The zero-order chi connectivity index (χ0) is 21.2. The first kappa shape index (κ1) is 19.1. The minimum atomic E-state index is -4.79. The number of carbonyl (C=O) groups is 3. The molecule has 0 spiro atoms. The van der Waals surface area contributed by atoms with E-state index < -0.39 is 12.3 Å². The Bertz CT molecular complexity index is 943. The van der Waals surface area contributed by atoms with Gasteiger partial charge < -0.3 is 9.64 Å². The van der Waals surface area contributed by atoms with Gasteiger partial charge in [0.2, 0.25) is 17.7 Å². The number of allylic oxidation sites excluding steroid dienone is 2. The Labute approximate surface area is 170 Å². The Morgan fingerprint density at radius 3 is 2.40 bits per heavy atom. The lowest BCUT2D eigenvalue weighted by Gasteiger charge is -2.31. The second-order valence-electron chi connectivity index (χ2n) is 8.25. The highest BCUT2D eigenvalue weighted by Gasteiger charge is 2.59. The van der Waals surface area contributed by atoms with Gasteiger partial charge in [0.05, 0.1) is 11.8 Å². The third-order valence-corrected chi connectivity index (χ3v) is 6.56. The van der Waals surface area contributed by atoms with Gasteiger partial charge in [-0.25, -0.2) is 0 Å². The summed E-state index contributed by atoms with van der Waals surface area (Å²) < 4.78 is 41.4. The van der Waals surface area contributed by atoms with Gasteiger partial charge in [0.1, 0.15) is 12.3 Å². The molecule has 2 aliphatic heterocycles. The Morgan fingerprint density at radius 2 is 1.77 bits per heavy atom. The van der Waals surface area contributed by atoms with Crippen molar-refractivity contribution >= 4 is 23.4 Å². The summed E-state index contributed by atoms with van der Waals surface area (Å²) in [5, 5.41) is 0. The van der Waals surface area contributed by atoms with Crippen LogP contribution in [-0.2, 0) is 20.8 Å². The Kier molecular flexibility index (Phi) is 4.20. The van der Waals surface area contributed by atoms with Crippen LogP contribution in [0.4, 0.5) is 18.9 Å². The smallest absolute Gasteiger partial charge is 0.406 e. The average Bonchev–Trinajstić information content (AvgIpc) is 3.36. The van der Waals surface area contributed by atoms with Gasteiger partial charge >= 0.3 is 6.36 Å². The van der Waals surface area contributed by atoms with E-state index in [9.17, 15) is 27.6 Å². The van der Waals surface area contributed by atoms with Crippen LogP contribution in [0, 0.1) is 23.7 Å². The molecule has 4 atom stereocenters. The number of ether oxygens (including phenoxy) is 1. The van der Waals surface area contributed by atoms with Crippen LogP contribution in [0.1, 0.15) is 18.4 Å². The van der Waals surface area contributed by atoms with Crippen LogP contribution in [0.2, 0.25) is 0 Å². The van der Waals surface area contributed by atoms with Gasteiger partial charge in [-0.1, -0.05) is 12.2 Å². The molecule has 1 aromatic rings. The number of hydrogen-bond acceptors (Lipinski definition) is 4. The average molecular weight is 420 g/mol. The van der Waals surface area contributed by atoms with Gasteiger partial charge in [-0.15, -0.1) is 13.2 Å². The standard InChI is InChI=1S/C21H19F3N2O4/c22-21(23,24)30-14-5-6-15-11(9-14)2-1-7-25(15)16(27)10-26-19(28)17-12-3-4-13(8-12)18(17)20(26)29/h3-6,9,12-13,17-18H,1-2,7-8,10H2/t12-,13-,17-,18-/m0/s1. The molecule has 2 heterocycles. The van der Waals surface area contributed by atoms with Crippen LogP contribution in [0.15, 0.2) is 30.4 Å². The van der Waals surface area contributed by atoms with E-state index in [1.54, 1.807) is 0 Å². The molecule has 1 saturated carbocycles. The molecule has 158 valence electrons. The molecule has 0 radical (unpaired) electrons. The number of benzene rings is 1. The van der Waals surface area contributed by atoms with Gasteiger partial charge in [0.25, 0.3) is 0 Å². The predicted octanol–water partition coefficient (Wildman–Crippen LogP) is 2.67. The zero-order valence-corrected chi connectivity index (χ0v) is 15.9. The first-order chi connectivity index (χ1) is 14.2. The number of hydrogen-bond donors (Lipinski definition) is 0. The van der Waals surface area contributed by atoms with Crippen molar-refractivity contribution in [1.29, 1.82) is 0 Å². The number of imide groups is 1. The highest BCUT2D eigenvalue weighted by Crippen LogP contribution is 2.52. The molecular formula is C21H19F3N2O4. The van der Waals surface area contributed by atoms with Crippen LogP contribution >= 0.6 is 0 Å². The van der Waals surface area contributed by atoms with E-state index in [0.717, 1.165) is 17.4 Å². The van der Waals surface area contributed by atoms with Gasteiger partial charge in [-0.2, -0.15) is 0 Å². The van der Waals surface area contributed by atoms with Gasteiger partial charge in [0.15, 0.2) is 0 Å². The maximum absolute atomic E-state index is 13.0. The number of halogens is 3. The number of likely N-dealkylation sites (tertiary alicyclic amines) is 1. The van der Waals surface area contributed by atoms with E-state index in [4.69, 9.17) is 0 Å². The van der Waals surface area contributed by atoms with Crippen molar-refractivity contribution in [2.75, 3.05) is 18.0 Å². The zero-order valence-electron chi connectivity index (χ0n) is 15.9. The summed E-state index contributed by atoms with van der Waals surface area (Å²) >= 11 is 0. The number of carbonyl (C=O) groups excluding carboxylic acids is 3. The lowest BCUT2D eigenvalue weighted by Crippen LogP contribution is -2.45. The van der Waals surface area contributed by atoms with E-state index in [-0.39, 0.29) is 47.8 Å². The summed E-state index contributed by atoms with van der Waals surface area (Å²) in [6.45, 7) is 0.0333. The maximum Gasteiger partial charge on any atom is 0.573 e. The molecule has 2 fully saturated rings. The number of rotatable bonds is 3. The van der Waals surface area contributed by atoms with E-state index in [1.807, 2.05) is 12.2 Å². The summed E-state index contributed by atoms with van der Waals surface area (Å²) in [6.07, 6.45) is 1.08. The molecule has 0 unspecified atom stereocenters. The van der Waals surface area contributed by atoms with E-state index in [0.29, 0.717) is 30.6 Å². The van der Waals surface area contributed by atoms with Gasteiger partial charge in [0, 0.05) is 12.2 Å². The molecular weight excluding hydrogens is 401 g/mol. The second kappa shape index (κ2) is 6.58. The largest absolute Gasteiger partial charge is 0.573 e. The Balaban J connectivity index is 1.33. The molecule has 5 rings (SSSR count). The first-order valence-corrected chi connectivity index (χ1v) is 9.95. The van der Waals surface area contributed by atoms with Crippen LogP contribution in [0.5, 0.6) is 5.75 Å². The molecule has 6 nitrogen and oxygen atoms in total. The van der Waals surface area contributed by atoms with Crippen molar-refractivity contribution in [3.05, 3.63) is 35.9 Å². The lowest BCUT2D eigenvalue weighted by molar-refractivity contribution is -0.274. The highest BCUT2D eigenvalue weighted by molar-refractivity contribution is 6.10. The SMILES string of the molecule is O=C1[C@@H]2[C@@H](C(=O)N1CC(=O)N1CCCc3cc(OC(F)(F)F)ccc31)[C@H]1C=C[C@H]2C1. The van der Waals surface area contributed by atoms with Crippen molar-refractivity contribution in [2.24, 2.45) is 23.7 Å². The monoisotopic (exact) mass is 420 g/mol. The molecule has 30 heavy (non-hydrogen) atoms. The minimum Gasteiger partial charge on any atom is -0.406 e. The number of alkyl halides is 3. The van der Waals surface area contributed by atoms with E-state index >= 15 is 0 Å². The summed E-state index contributed by atoms with van der Waals surface area (Å²) in [5.41, 5.74) is 1.05. The highest BCUT2D eigenvalue weighted by atomic mass is 19.4. The molecule has 1 saturated heterocycles. The Hall–Kier alpha value is -2.84. The van der Waals surface area contributed by atoms with Crippen molar-refractivity contribution in [3.63, 3.8) is 0 Å². The van der Waals surface area contributed by atoms with E-state index in [2.05, 4.69) is 4.74 Å². The van der Waals surface area contributed by atoms with Gasteiger partial charge in [-0.3, -0.25) is 19.3 Å². The third-order valence-electron chi connectivity index (χ3n) is 6.56. The minimum absolute atomic E-state index is 0.0688. The molecule has 0 N–H and O–H groups in total. The summed E-state index contributed by atoms with van der Waals surface area (Å²) in [5.74, 6) is -1.92. The lowest BCUT2D eigenvalue weighted by atomic mass is 9.85. The first-order valence-electron chi connectivity index (χ1n) is 9.95. The Morgan fingerprint density at radius 1 is 1.10 bits per heavy atom. The normalized spacial score (nSPS) is 29.4. The fourth-order valence-corrected chi connectivity index (χ4v) is 5.37. The summed E-state index contributed by atoms with van der Waals surface area (Å²) in [6, 6.07) is 3.86. The van der Waals surface area contributed by atoms with Crippen molar-refractivity contribution < 1.29 is 32.3 Å². The van der Waals surface area contributed by atoms with E-state index in [1.165, 1.54) is 17.0 Å². The van der Waals surface area contributed by atoms with Crippen LogP contribution in [-0.4, -0.2) is 42.1 Å². The van der Waals surface area contributed by atoms with Crippen LogP contribution in [0.25, 0.3) is 0 Å². The fraction of sp³-hybridized carbons (Fsp3) is 0.476. The van der Waals surface area contributed by atoms with Crippen molar-refractivity contribution in [3.8, 4) is 5.75 Å².